The van der Waals surface area contributed by atoms with Gasteiger partial charge in [-0.05, 0) is 130 Å². The molecule has 0 atom stereocenters. The summed E-state index contributed by atoms with van der Waals surface area (Å²) in [4.78, 5) is 10.3. The second-order valence-corrected chi connectivity index (χ2v) is 15.0. The van der Waals surface area contributed by atoms with Crippen molar-refractivity contribution in [1.29, 1.82) is 0 Å². The molecular formula is C54H42N2. The van der Waals surface area contributed by atoms with Crippen molar-refractivity contribution in [3.05, 3.63) is 216 Å². The van der Waals surface area contributed by atoms with Crippen molar-refractivity contribution < 1.29 is 0 Å². The first kappa shape index (κ1) is 33.9. The first-order valence-corrected chi connectivity index (χ1v) is 19.8. The van der Waals surface area contributed by atoms with E-state index in [2.05, 4.69) is 190 Å². The third kappa shape index (κ3) is 5.39. The Kier molecular flexibility index (Phi) is 8.41. The van der Waals surface area contributed by atoms with Crippen LogP contribution in [0.5, 0.6) is 0 Å². The minimum Gasteiger partial charge on any atom is -0.228 e. The van der Waals surface area contributed by atoms with E-state index in [-0.39, 0.29) is 5.41 Å². The molecule has 10 rings (SSSR count). The van der Waals surface area contributed by atoms with Crippen LogP contribution in [0, 0.1) is 0 Å². The number of aromatic nitrogens is 2. The molecule has 0 saturated carbocycles. The van der Waals surface area contributed by atoms with Crippen LogP contribution < -0.4 is 0 Å². The number of rotatable bonds is 7. The Morgan fingerprint density at radius 1 is 0.571 bits per heavy atom. The number of fused-ring (bicyclic) bond motifs is 9. The van der Waals surface area contributed by atoms with Gasteiger partial charge < -0.3 is 0 Å². The van der Waals surface area contributed by atoms with Crippen molar-refractivity contribution in [2.45, 2.75) is 38.5 Å². The average molecular weight is 719 g/mol. The standard InChI is InChI=1S/C54H42N2/c1-3-5-17-36(4-2)51-35-52(37-18-7-6-8-19-37)56-53(55-51)42-23-16-22-40(33-42)38-20-15-21-39(32-38)41-30-31-46-45-26-11-14-29-49(45)54(50(46)34-41)47-27-12-9-24-43(47)44-25-10-13-28-48(44)54/h3-10,12-16,18-25,27-35H,11,17,26H2,1-2H3/b5-3-,36-4+. The molecule has 0 saturated heterocycles. The number of allylic oxidation sites excluding steroid dienone is 8. The van der Waals surface area contributed by atoms with Gasteiger partial charge in [-0.2, -0.15) is 0 Å². The van der Waals surface area contributed by atoms with E-state index in [0.717, 1.165) is 58.7 Å². The Labute approximate surface area is 330 Å². The molecular weight excluding hydrogens is 677 g/mol. The highest BCUT2D eigenvalue weighted by molar-refractivity contribution is 5.97. The maximum atomic E-state index is 5.16. The van der Waals surface area contributed by atoms with E-state index in [0.29, 0.717) is 0 Å². The van der Waals surface area contributed by atoms with Gasteiger partial charge in [-0.3, -0.25) is 0 Å². The van der Waals surface area contributed by atoms with Crippen molar-refractivity contribution in [2.75, 3.05) is 0 Å². The van der Waals surface area contributed by atoms with Crippen LogP contribution in [-0.2, 0) is 5.41 Å². The molecule has 268 valence electrons. The minimum absolute atomic E-state index is 0.316. The minimum atomic E-state index is -0.316. The van der Waals surface area contributed by atoms with Crippen molar-refractivity contribution >= 4 is 11.1 Å². The van der Waals surface area contributed by atoms with Gasteiger partial charge >= 0.3 is 0 Å². The Hall–Kier alpha value is -6.64. The van der Waals surface area contributed by atoms with Gasteiger partial charge in [0.1, 0.15) is 0 Å². The lowest BCUT2D eigenvalue weighted by atomic mass is 9.69. The van der Waals surface area contributed by atoms with Gasteiger partial charge in [0.05, 0.1) is 16.8 Å². The second kappa shape index (κ2) is 13.9. The molecule has 0 radical (unpaired) electrons. The number of nitrogens with zero attached hydrogens (tertiary/aromatic N) is 2. The zero-order valence-corrected chi connectivity index (χ0v) is 31.8. The lowest BCUT2D eigenvalue weighted by molar-refractivity contribution is 0.781. The van der Waals surface area contributed by atoms with Crippen LogP contribution in [0.2, 0.25) is 0 Å². The fourth-order valence-electron chi connectivity index (χ4n) is 9.38. The summed E-state index contributed by atoms with van der Waals surface area (Å²) >= 11 is 0. The lowest BCUT2D eigenvalue weighted by Crippen LogP contribution is -2.27. The molecule has 0 amide bonds. The molecule has 2 heteroatoms. The maximum absolute atomic E-state index is 5.16. The fourth-order valence-corrected chi connectivity index (χ4v) is 9.38. The summed E-state index contributed by atoms with van der Waals surface area (Å²) in [6.07, 6.45) is 14.2. The molecule has 1 heterocycles. The molecule has 3 aliphatic rings. The first-order chi connectivity index (χ1) is 27.7. The quantitative estimate of drug-likeness (QED) is 0.153. The Bertz CT molecular complexity index is 2750. The molecule has 0 aliphatic heterocycles. The van der Waals surface area contributed by atoms with Gasteiger partial charge in [-0.1, -0.05) is 158 Å². The molecule has 1 spiro atoms. The summed E-state index contributed by atoms with van der Waals surface area (Å²) in [5.41, 5.74) is 20.8. The molecule has 6 aromatic carbocycles. The predicted molar refractivity (Wildman–Crippen MR) is 234 cm³/mol. The molecule has 0 fully saturated rings. The summed E-state index contributed by atoms with van der Waals surface area (Å²) in [5, 5.41) is 0. The summed E-state index contributed by atoms with van der Waals surface area (Å²) in [5.74, 6) is 0.728. The first-order valence-electron chi connectivity index (χ1n) is 19.8. The van der Waals surface area contributed by atoms with E-state index >= 15 is 0 Å². The van der Waals surface area contributed by atoms with Gasteiger partial charge in [-0.15, -0.1) is 0 Å². The van der Waals surface area contributed by atoms with E-state index < -0.39 is 0 Å². The van der Waals surface area contributed by atoms with Gasteiger partial charge in [0, 0.05) is 11.1 Å². The van der Waals surface area contributed by atoms with Crippen LogP contribution >= 0.6 is 0 Å². The van der Waals surface area contributed by atoms with E-state index in [1.165, 1.54) is 61.2 Å². The monoisotopic (exact) mass is 718 g/mol. The van der Waals surface area contributed by atoms with Crippen molar-refractivity contribution in [1.82, 2.24) is 9.97 Å². The summed E-state index contributed by atoms with van der Waals surface area (Å²) in [7, 11) is 0. The highest BCUT2D eigenvalue weighted by Gasteiger charge is 2.52. The molecule has 1 aromatic heterocycles. The second-order valence-electron chi connectivity index (χ2n) is 15.0. The van der Waals surface area contributed by atoms with Gasteiger partial charge in [0.15, 0.2) is 5.82 Å². The van der Waals surface area contributed by atoms with E-state index in [1.54, 1.807) is 0 Å². The maximum Gasteiger partial charge on any atom is 0.160 e. The molecule has 0 N–H and O–H groups in total. The van der Waals surface area contributed by atoms with Crippen molar-refractivity contribution in [3.8, 4) is 56.0 Å². The number of hydrogen-bond donors (Lipinski definition) is 0. The van der Waals surface area contributed by atoms with Crippen molar-refractivity contribution in [3.63, 3.8) is 0 Å². The smallest absolute Gasteiger partial charge is 0.160 e. The summed E-state index contributed by atoms with van der Waals surface area (Å²) in [6.45, 7) is 4.15. The molecule has 0 unspecified atom stereocenters. The van der Waals surface area contributed by atoms with Crippen LogP contribution in [0.4, 0.5) is 0 Å². The molecule has 2 nitrogen and oxygen atoms in total. The molecule has 56 heavy (non-hydrogen) atoms. The Morgan fingerprint density at radius 3 is 1.89 bits per heavy atom. The summed E-state index contributed by atoms with van der Waals surface area (Å²) in [6, 6.07) is 55.6. The highest BCUT2D eigenvalue weighted by Crippen LogP contribution is 2.63. The van der Waals surface area contributed by atoms with E-state index in [1.807, 2.05) is 6.07 Å². The third-order valence-corrected chi connectivity index (χ3v) is 12.0. The molecule has 0 bridgehead atoms. The van der Waals surface area contributed by atoms with Gasteiger partial charge in [0.2, 0.25) is 0 Å². The Balaban J connectivity index is 1.07. The summed E-state index contributed by atoms with van der Waals surface area (Å²) < 4.78 is 0. The van der Waals surface area contributed by atoms with Crippen LogP contribution in [0.25, 0.3) is 67.2 Å². The molecule has 3 aliphatic carbocycles. The van der Waals surface area contributed by atoms with Gasteiger partial charge in [-0.25, -0.2) is 9.97 Å². The zero-order valence-electron chi connectivity index (χ0n) is 31.8. The largest absolute Gasteiger partial charge is 0.228 e. The van der Waals surface area contributed by atoms with Crippen LogP contribution in [0.15, 0.2) is 188 Å². The highest BCUT2D eigenvalue weighted by atomic mass is 14.9. The normalized spacial score (nSPS) is 14.9. The Morgan fingerprint density at radius 2 is 1.20 bits per heavy atom. The molecule has 7 aromatic rings. The van der Waals surface area contributed by atoms with Crippen LogP contribution in [0.3, 0.4) is 0 Å². The van der Waals surface area contributed by atoms with E-state index in [4.69, 9.17) is 9.97 Å². The van der Waals surface area contributed by atoms with Crippen LogP contribution in [-0.4, -0.2) is 9.97 Å². The lowest BCUT2D eigenvalue weighted by Gasteiger charge is -2.32. The average Bonchev–Trinajstić information content (AvgIpc) is 3.74. The topological polar surface area (TPSA) is 25.8 Å². The van der Waals surface area contributed by atoms with E-state index in [9.17, 15) is 0 Å². The third-order valence-electron chi connectivity index (χ3n) is 12.0. The SMILES string of the molecule is C/C=C\C/C(=C\C)c1cc(-c2ccccc2)nc(-c2cccc(-c3cccc(-c4ccc5c(c4)C4(C6=C5CCC=C6)c5ccccc5-c5ccccc54)c3)c2)n1. The van der Waals surface area contributed by atoms with Gasteiger partial charge in [0.25, 0.3) is 0 Å². The number of benzene rings is 6. The zero-order chi connectivity index (χ0) is 37.6. The predicted octanol–water partition coefficient (Wildman–Crippen LogP) is 13.9. The van der Waals surface area contributed by atoms with Crippen LogP contribution in [0.1, 0.15) is 61.1 Å². The fraction of sp³-hybridized carbons (Fsp3) is 0.111. The number of hydrogen-bond acceptors (Lipinski definition) is 2. The van der Waals surface area contributed by atoms with Crippen molar-refractivity contribution in [2.24, 2.45) is 0 Å².